The van der Waals surface area contributed by atoms with Crippen molar-refractivity contribution >= 4 is 17.8 Å². The fourth-order valence-corrected chi connectivity index (χ4v) is 5.77. The van der Waals surface area contributed by atoms with Gasteiger partial charge in [-0.1, -0.05) is 12.1 Å². The molecule has 2 amide bonds. The van der Waals surface area contributed by atoms with Gasteiger partial charge >= 0.3 is 5.97 Å². The molecule has 9 heteroatoms. The Balaban J connectivity index is 1.20. The lowest BCUT2D eigenvalue weighted by Gasteiger charge is -2.45. The summed E-state index contributed by atoms with van der Waals surface area (Å²) in [6, 6.07) is 2.75. The number of pyridine rings is 1. The highest BCUT2D eigenvalue weighted by atomic mass is 16.5. The second-order valence-corrected chi connectivity index (χ2v) is 10.1. The summed E-state index contributed by atoms with van der Waals surface area (Å²) in [6.45, 7) is 4.43. The number of β-lactam (4-membered cyclic amide) rings is 2. The first-order valence-electron chi connectivity index (χ1n) is 13.1. The van der Waals surface area contributed by atoms with E-state index in [0.717, 1.165) is 38.8 Å². The van der Waals surface area contributed by atoms with E-state index in [-0.39, 0.29) is 31.1 Å². The van der Waals surface area contributed by atoms with E-state index in [1.54, 1.807) is 31.5 Å². The van der Waals surface area contributed by atoms with Gasteiger partial charge in [0.1, 0.15) is 5.92 Å². The topological polar surface area (TPSA) is 104 Å². The zero-order valence-corrected chi connectivity index (χ0v) is 20.8. The van der Waals surface area contributed by atoms with E-state index in [9.17, 15) is 14.4 Å². The lowest BCUT2D eigenvalue weighted by molar-refractivity contribution is -0.169. The molecule has 0 bridgehead atoms. The number of carbonyl (C=O) groups excluding carboxylic acids is 3. The summed E-state index contributed by atoms with van der Waals surface area (Å²) in [4.78, 5) is 46.2. The Morgan fingerprint density at radius 1 is 1.25 bits per heavy atom. The molecule has 1 aromatic rings. The summed E-state index contributed by atoms with van der Waals surface area (Å²) >= 11 is 0. The van der Waals surface area contributed by atoms with Gasteiger partial charge in [0.2, 0.25) is 0 Å². The van der Waals surface area contributed by atoms with Gasteiger partial charge in [0.15, 0.2) is 6.04 Å². The minimum absolute atomic E-state index is 0.0180. The molecular weight excluding hydrogens is 458 g/mol. The number of hydrogen-bond acceptors (Lipinski definition) is 8. The molecule has 9 nitrogen and oxygen atoms in total. The summed E-state index contributed by atoms with van der Waals surface area (Å²) in [6.07, 6.45) is 13.1. The van der Waals surface area contributed by atoms with Gasteiger partial charge < -0.3 is 10.1 Å². The Morgan fingerprint density at radius 2 is 2.11 bits per heavy atom. The van der Waals surface area contributed by atoms with Crippen LogP contribution in [0.2, 0.25) is 0 Å². The Morgan fingerprint density at radius 3 is 2.89 bits per heavy atom. The standard InChI is InChI=1S/C27H35N5O4/c1-2-36-27(35)22(20-8-3-11-28-15-20)17-32-25(33)23(26(32)34)31-13-5-6-18(16-31)14-21-10-9-19-7-4-12-29-24(19)30-21/h3,8-11,15,18,22-24,29-30H,2,4-7,12-14,16-17H2,1H3/t18?,22-,24?/m1/s1. The first kappa shape index (κ1) is 24.6. The highest BCUT2D eigenvalue weighted by Gasteiger charge is 2.51. The molecule has 36 heavy (non-hydrogen) atoms. The molecule has 0 saturated carbocycles. The molecule has 3 saturated heterocycles. The summed E-state index contributed by atoms with van der Waals surface area (Å²) in [5, 5.41) is 7.16. The van der Waals surface area contributed by atoms with E-state index in [0.29, 0.717) is 18.0 Å². The number of ether oxygens (including phenoxy) is 1. The molecule has 3 atom stereocenters. The predicted molar refractivity (Wildman–Crippen MR) is 133 cm³/mol. The summed E-state index contributed by atoms with van der Waals surface area (Å²) < 4.78 is 5.21. The van der Waals surface area contributed by atoms with Crippen molar-refractivity contribution in [3.63, 3.8) is 0 Å². The molecule has 2 unspecified atom stereocenters. The fraction of sp³-hybridized carbons (Fsp3) is 0.556. The van der Waals surface area contributed by atoms with E-state index in [4.69, 9.17) is 4.74 Å². The van der Waals surface area contributed by atoms with E-state index in [1.807, 2.05) is 4.90 Å². The van der Waals surface area contributed by atoms with E-state index in [1.165, 1.54) is 22.6 Å². The number of esters is 1. The van der Waals surface area contributed by atoms with Crippen LogP contribution >= 0.6 is 0 Å². The van der Waals surface area contributed by atoms with Gasteiger partial charge in [-0.3, -0.25) is 34.5 Å². The largest absolute Gasteiger partial charge is 0.465 e. The van der Waals surface area contributed by atoms with Crippen molar-refractivity contribution in [3.05, 3.63) is 53.5 Å². The lowest BCUT2D eigenvalue weighted by atomic mass is 9.89. The monoisotopic (exact) mass is 493 g/mol. The minimum Gasteiger partial charge on any atom is -0.465 e. The van der Waals surface area contributed by atoms with Crippen molar-refractivity contribution in [1.29, 1.82) is 0 Å². The Bertz CT molecular complexity index is 1040. The van der Waals surface area contributed by atoms with Crippen LogP contribution in [0.25, 0.3) is 0 Å². The molecule has 4 aliphatic heterocycles. The van der Waals surface area contributed by atoms with Gasteiger partial charge in [-0.25, -0.2) is 0 Å². The van der Waals surface area contributed by atoms with Crippen molar-refractivity contribution in [2.75, 3.05) is 32.8 Å². The average molecular weight is 494 g/mol. The first-order chi connectivity index (χ1) is 17.5. The lowest BCUT2D eigenvalue weighted by Crippen LogP contribution is -2.69. The predicted octanol–water partition coefficient (Wildman–Crippen LogP) is 1.69. The summed E-state index contributed by atoms with van der Waals surface area (Å²) in [7, 11) is 0. The molecule has 2 N–H and O–H groups in total. The number of aromatic nitrogens is 1. The number of amides is 2. The summed E-state index contributed by atoms with van der Waals surface area (Å²) in [5.74, 6) is -1.27. The van der Waals surface area contributed by atoms with E-state index in [2.05, 4.69) is 27.8 Å². The van der Waals surface area contributed by atoms with Gasteiger partial charge in [0.05, 0.1) is 12.8 Å². The number of hydrogen-bond donors (Lipinski definition) is 2. The van der Waals surface area contributed by atoms with Gasteiger partial charge in [-0.05, 0) is 81.3 Å². The van der Waals surface area contributed by atoms with E-state index < -0.39 is 17.9 Å². The van der Waals surface area contributed by atoms with Crippen molar-refractivity contribution in [2.45, 2.75) is 57.2 Å². The molecule has 0 aromatic carbocycles. The second kappa shape index (κ2) is 10.9. The number of piperidine rings is 2. The maximum Gasteiger partial charge on any atom is 0.315 e. The number of fused-ring (bicyclic) bond motifs is 1. The van der Waals surface area contributed by atoms with Crippen LogP contribution in [-0.4, -0.2) is 77.6 Å². The third kappa shape index (κ3) is 5.08. The molecule has 5 rings (SSSR count). The number of dihydropyridines is 1. The van der Waals surface area contributed by atoms with Crippen LogP contribution < -0.4 is 10.6 Å². The number of nitrogens with one attached hydrogen (secondary N) is 2. The Hall–Kier alpha value is -3.04. The van der Waals surface area contributed by atoms with Crippen LogP contribution in [0.4, 0.5) is 0 Å². The Kier molecular flexibility index (Phi) is 7.48. The molecule has 5 heterocycles. The smallest absolute Gasteiger partial charge is 0.315 e. The van der Waals surface area contributed by atoms with E-state index >= 15 is 0 Å². The number of nitrogens with zero attached hydrogens (tertiary/aromatic N) is 3. The number of allylic oxidation sites excluding steroid dienone is 3. The van der Waals surface area contributed by atoms with Crippen LogP contribution in [0, 0.1) is 5.92 Å². The number of rotatable bonds is 8. The molecule has 3 fully saturated rings. The van der Waals surface area contributed by atoms with Gasteiger partial charge in [0.25, 0.3) is 11.8 Å². The summed E-state index contributed by atoms with van der Waals surface area (Å²) in [5.41, 5.74) is 3.26. The van der Waals surface area contributed by atoms with Gasteiger partial charge in [-0.15, -0.1) is 0 Å². The van der Waals surface area contributed by atoms with Crippen LogP contribution in [0.3, 0.4) is 0 Å². The highest BCUT2D eigenvalue weighted by Crippen LogP contribution is 2.31. The van der Waals surface area contributed by atoms with Crippen molar-refractivity contribution in [3.8, 4) is 0 Å². The zero-order chi connectivity index (χ0) is 25.1. The zero-order valence-electron chi connectivity index (χ0n) is 20.8. The van der Waals surface area contributed by atoms with Crippen LogP contribution in [0.1, 0.15) is 50.5 Å². The number of likely N-dealkylation sites (tertiary alicyclic amines) is 2. The SMILES string of the molecule is CCOC(=O)[C@H](CN1C(=O)C(N2CCCC(CC3=CC=C4CCCNC4N3)C2)C1=O)c1cccnc1. The van der Waals surface area contributed by atoms with Gasteiger partial charge in [0, 0.05) is 31.2 Å². The fourth-order valence-electron chi connectivity index (χ4n) is 5.77. The third-order valence-corrected chi connectivity index (χ3v) is 7.64. The van der Waals surface area contributed by atoms with Crippen molar-refractivity contribution in [2.24, 2.45) is 5.92 Å². The number of carbonyl (C=O) groups is 3. The minimum atomic E-state index is -0.746. The van der Waals surface area contributed by atoms with Crippen LogP contribution in [-0.2, 0) is 19.1 Å². The second-order valence-electron chi connectivity index (χ2n) is 10.1. The third-order valence-electron chi connectivity index (χ3n) is 7.64. The maximum absolute atomic E-state index is 13.1. The molecule has 0 aliphatic carbocycles. The molecule has 4 aliphatic rings. The molecule has 192 valence electrons. The normalized spacial score (nSPS) is 25.8. The maximum atomic E-state index is 13.1. The molecule has 0 spiro atoms. The molecular formula is C27H35N5O4. The molecule has 0 radical (unpaired) electrons. The first-order valence-corrected chi connectivity index (χ1v) is 13.1. The Labute approximate surface area is 211 Å². The molecule has 1 aromatic heterocycles. The highest BCUT2D eigenvalue weighted by molar-refractivity contribution is 6.21. The quantitative estimate of drug-likeness (QED) is 0.320. The average Bonchev–Trinajstić information content (AvgIpc) is 2.90. The van der Waals surface area contributed by atoms with Crippen molar-refractivity contribution < 1.29 is 19.1 Å². The van der Waals surface area contributed by atoms with Crippen molar-refractivity contribution in [1.82, 2.24) is 25.4 Å². The van der Waals surface area contributed by atoms with Crippen LogP contribution in [0.15, 0.2) is 47.9 Å². The number of imide groups is 1. The van der Waals surface area contributed by atoms with Crippen LogP contribution in [0.5, 0.6) is 0 Å². The van der Waals surface area contributed by atoms with Gasteiger partial charge in [-0.2, -0.15) is 0 Å².